The Morgan fingerprint density at radius 1 is 1.20 bits per heavy atom. The van der Waals surface area contributed by atoms with Gasteiger partial charge in [0.2, 0.25) is 0 Å². The molecule has 1 aromatic carbocycles. The monoisotopic (exact) mass is 337 g/mol. The summed E-state index contributed by atoms with van der Waals surface area (Å²) in [5, 5.41) is 4.27. The summed E-state index contributed by atoms with van der Waals surface area (Å²) in [7, 11) is 0. The van der Waals surface area contributed by atoms with Crippen LogP contribution in [0.15, 0.2) is 42.7 Å². The number of carbonyl (C=O) groups is 1. The zero-order valence-corrected chi connectivity index (χ0v) is 13.7. The predicted octanol–water partition coefficient (Wildman–Crippen LogP) is 1.86. The van der Waals surface area contributed by atoms with Crippen molar-refractivity contribution in [2.45, 2.75) is 0 Å². The number of ether oxygens (including phenoxy) is 1. The van der Waals surface area contributed by atoms with Gasteiger partial charge < -0.3 is 25.7 Å². The van der Waals surface area contributed by atoms with Gasteiger partial charge in [0.15, 0.2) is 0 Å². The van der Waals surface area contributed by atoms with Crippen molar-refractivity contribution in [2.24, 2.45) is 5.73 Å². The quantitative estimate of drug-likeness (QED) is 0.675. The molecular weight excluding hydrogens is 318 g/mol. The molecule has 0 atom stereocenters. The van der Waals surface area contributed by atoms with Gasteiger partial charge in [-0.25, -0.2) is 4.98 Å². The molecule has 0 radical (unpaired) electrons. The number of fused-ring (bicyclic) bond motifs is 1. The zero-order valence-electron chi connectivity index (χ0n) is 13.7. The van der Waals surface area contributed by atoms with Crippen molar-refractivity contribution in [3.05, 3.63) is 48.3 Å². The lowest BCUT2D eigenvalue weighted by atomic mass is 10.1. The molecule has 1 aliphatic heterocycles. The molecule has 7 heteroatoms. The minimum Gasteiger partial charge on any atom is -0.455 e. The van der Waals surface area contributed by atoms with Crippen LogP contribution in [0.5, 0.6) is 11.5 Å². The number of hydrogen-bond acceptors (Lipinski definition) is 5. The number of pyridine rings is 1. The van der Waals surface area contributed by atoms with Gasteiger partial charge in [-0.05, 0) is 24.3 Å². The van der Waals surface area contributed by atoms with Crippen molar-refractivity contribution in [1.82, 2.24) is 15.3 Å². The number of aromatic nitrogens is 2. The average Bonchev–Trinajstić information content (AvgIpc) is 3.10. The van der Waals surface area contributed by atoms with Gasteiger partial charge in [-0.1, -0.05) is 0 Å². The predicted molar refractivity (Wildman–Crippen MR) is 96.2 cm³/mol. The Hall–Kier alpha value is -3.06. The molecule has 1 amide bonds. The summed E-state index contributed by atoms with van der Waals surface area (Å²) in [6.07, 6.45) is 3.45. The van der Waals surface area contributed by atoms with Crippen LogP contribution in [-0.4, -0.2) is 42.1 Å². The largest absolute Gasteiger partial charge is 0.455 e. The Kier molecular flexibility index (Phi) is 3.99. The number of H-pyrrole nitrogens is 1. The molecule has 0 unspecified atom stereocenters. The van der Waals surface area contributed by atoms with Gasteiger partial charge in [0.05, 0.1) is 11.8 Å². The Bertz CT molecular complexity index is 915. The Morgan fingerprint density at radius 2 is 2.04 bits per heavy atom. The Morgan fingerprint density at radius 3 is 2.84 bits per heavy atom. The maximum Gasteiger partial charge on any atom is 0.252 e. The van der Waals surface area contributed by atoms with Crippen molar-refractivity contribution in [3.8, 4) is 11.5 Å². The summed E-state index contributed by atoms with van der Waals surface area (Å²) in [5.41, 5.74) is 7.66. The molecule has 0 spiro atoms. The number of carbonyl (C=O) groups excluding carboxylic acids is 1. The molecule has 7 nitrogen and oxygen atoms in total. The standard InChI is InChI=1S/C18H19N5O2/c19-17(24)15-2-1-13(23-7-5-20-6-8-23)10-16(15)25-14-9-12-3-4-21-18(12)22-11-14/h1-4,9-11,20H,5-8H2,(H2,19,24)(H,21,22). The van der Waals surface area contributed by atoms with Crippen LogP contribution in [0.4, 0.5) is 5.69 Å². The number of primary amides is 1. The first-order valence-electron chi connectivity index (χ1n) is 8.21. The van der Waals surface area contributed by atoms with Crippen LogP contribution in [-0.2, 0) is 0 Å². The molecule has 2 aromatic heterocycles. The molecule has 4 N–H and O–H groups in total. The SMILES string of the molecule is NC(=O)c1ccc(N2CCNCC2)cc1Oc1cnc2[nH]ccc2c1. The normalized spacial score (nSPS) is 14.6. The van der Waals surface area contributed by atoms with E-state index in [2.05, 4.69) is 20.2 Å². The van der Waals surface area contributed by atoms with Gasteiger partial charge in [-0.15, -0.1) is 0 Å². The third-order valence-corrected chi connectivity index (χ3v) is 4.32. The maximum atomic E-state index is 11.8. The third kappa shape index (κ3) is 3.14. The molecule has 1 fully saturated rings. The third-order valence-electron chi connectivity index (χ3n) is 4.32. The molecule has 1 aliphatic rings. The lowest BCUT2D eigenvalue weighted by Gasteiger charge is -2.29. The number of anilines is 1. The summed E-state index contributed by atoms with van der Waals surface area (Å²) in [6.45, 7) is 3.68. The van der Waals surface area contributed by atoms with Crippen LogP contribution >= 0.6 is 0 Å². The molecule has 25 heavy (non-hydrogen) atoms. The minimum atomic E-state index is -0.516. The summed E-state index contributed by atoms with van der Waals surface area (Å²) >= 11 is 0. The molecule has 0 aliphatic carbocycles. The molecular formula is C18H19N5O2. The first kappa shape index (κ1) is 15.5. The Balaban J connectivity index is 1.68. The summed E-state index contributed by atoms with van der Waals surface area (Å²) in [6, 6.07) is 9.29. The van der Waals surface area contributed by atoms with E-state index in [9.17, 15) is 4.79 Å². The molecule has 0 saturated carbocycles. The van der Waals surface area contributed by atoms with Crippen LogP contribution < -0.4 is 20.7 Å². The fourth-order valence-electron chi connectivity index (χ4n) is 3.02. The lowest BCUT2D eigenvalue weighted by Crippen LogP contribution is -2.43. The first-order chi connectivity index (χ1) is 12.2. The topological polar surface area (TPSA) is 96.3 Å². The van der Waals surface area contributed by atoms with E-state index >= 15 is 0 Å². The second kappa shape index (κ2) is 6.45. The van der Waals surface area contributed by atoms with E-state index < -0.39 is 5.91 Å². The van der Waals surface area contributed by atoms with Crippen molar-refractivity contribution in [3.63, 3.8) is 0 Å². The van der Waals surface area contributed by atoms with Crippen molar-refractivity contribution in [1.29, 1.82) is 0 Å². The highest BCUT2D eigenvalue weighted by atomic mass is 16.5. The van der Waals surface area contributed by atoms with Crippen molar-refractivity contribution < 1.29 is 9.53 Å². The molecule has 128 valence electrons. The van der Waals surface area contributed by atoms with Gasteiger partial charge in [0.1, 0.15) is 17.1 Å². The van der Waals surface area contributed by atoms with Gasteiger partial charge >= 0.3 is 0 Å². The fourth-order valence-corrected chi connectivity index (χ4v) is 3.02. The average molecular weight is 337 g/mol. The number of hydrogen-bond donors (Lipinski definition) is 3. The van der Waals surface area contributed by atoms with E-state index in [0.29, 0.717) is 17.1 Å². The van der Waals surface area contributed by atoms with Crippen LogP contribution in [0.2, 0.25) is 0 Å². The van der Waals surface area contributed by atoms with Crippen LogP contribution in [0, 0.1) is 0 Å². The molecule has 4 rings (SSSR count). The fraction of sp³-hybridized carbons (Fsp3) is 0.222. The number of nitrogens with one attached hydrogen (secondary N) is 2. The Labute approximate surface area is 144 Å². The van der Waals surface area contributed by atoms with E-state index in [1.165, 1.54) is 0 Å². The highest BCUT2D eigenvalue weighted by molar-refractivity contribution is 5.96. The smallest absolute Gasteiger partial charge is 0.252 e. The van der Waals surface area contributed by atoms with Crippen LogP contribution in [0.1, 0.15) is 10.4 Å². The summed E-state index contributed by atoms with van der Waals surface area (Å²) < 4.78 is 5.96. The highest BCUT2D eigenvalue weighted by Gasteiger charge is 2.16. The van der Waals surface area contributed by atoms with Gasteiger partial charge in [0.25, 0.3) is 5.91 Å². The molecule has 0 bridgehead atoms. The number of piperazine rings is 1. The number of aromatic amines is 1. The molecule has 1 saturated heterocycles. The van der Waals surface area contributed by atoms with Gasteiger partial charge in [-0.3, -0.25) is 4.79 Å². The van der Waals surface area contributed by atoms with Crippen LogP contribution in [0.3, 0.4) is 0 Å². The molecule has 3 aromatic rings. The maximum absolute atomic E-state index is 11.8. The first-order valence-corrected chi connectivity index (χ1v) is 8.21. The van der Waals surface area contributed by atoms with E-state index in [1.807, 2.05) is 30.5 Å². The highest BCUT2D eigenvalue weighted by Crippen LogP contribution is 2.31. The van der Waals surface area contributed by atoms with E-state index in [4.69, 9.17) is 10.5 Å². The number of benzene rings is 1. The summed E-state index contributed by atoms with van der Waals surface area (Å²) in [4.78, 5) is 21.4. The van der Waals surface area contributed by atoms with E-state index in [0.717, 1.165) is 42.9 Å². The van der Waals surface area contributed by atoms with E-state index in [1.54, 1.807) is 12.3 Å². The minimum absolute atomic E-state index is 0.355. The lowest BCUT2D eigenvalue weighted by molar-refractivity contribution is 0.0998. The number of nitrogens with two attached hydrogens (primary N) is 1. The molecule has 3 heterocycles. The number of amides is 1. The van der Waals surface area contributed by atoms with Crippen molar-refractivity contribution >= 4 is 22.6 Å². The number of rotatable bonds is 4. The van der Waals surface area contributed by atoms with Gasteiger partial charge in [-0.2, -0.15) is 0 Å². The number of nitrogens with zero attached hydrogens (tertiary/aromatic N) is 2. The summed E-state index contributed by atoms with van der Waals surface area (Å²) in [5.74, 6) is 0.491. The zero-order chi connectivity index (χ0) is 17.2. The second-order valence-electron chi connectivity index (χ2n) is 5.97. The second-order valence-corrected chi connectivity index (χ2v) is 5.97. The van der Waals surface area contributed by atoms with Crippen LogP contribution in [0.25, 0.3) is 11.0 Å². The van der Waals surface area contributed by atoms with E-state index in [-0.39, 0.29) is 0 Å². The van der Waals surface area contributed by atoms with Gasteiger partial charge in [0, 0.05) is 49.5 Å². The van der Waals surface area contributed by atoms with Crippen molar-refractivity contribution in [2.75, 3.05) is 31.1 Å².